The van der Waals surface area contributed by atoms with Crippen molar-refractivity contribution >= 4 is 46.2 Å². The number of pyridine rings is 1. The van der Waals surface area contributed by atoms with Gasteiger partial charge in [0.15, 0.2) is 5.65 Å². The van der Waals surface area contributed by atoms with Crippen LogP contribution in [0, 0.1) is 0 Å². The van der Waals surface area contributed by atoms with E-state index < -0.39 is 0 Å². The maximum atomic E-state index is 6.04. The average Bonchev–Trinajstić information content (AvgIpc) is 2.87. The minimum atomic E-state index is -0.375. The molecule has 0 bridgehead atoms. The summed E-state index contributed by atoms with van der Waals surface area (Å²) in [7, 11) is -0.375. The van der Waals surface area contributed by atoms with Gasteiger partial charge in [0.2, 0.25) is 0 Å². The van der Waals surface area contributed by atoms with Crippen LogP contribution in [0.2, 0.25) is 0 Å². The van der Waals surface area contributed by atoms with Crippen LogP contribution in [-0.4, -0.2) is 33.1 Å². The van der Waals surface area contributed by atoms with Gasteiger partial charge >= 0.3 is 7.12 Å². The van der Waals surface area contributed by atoms with Gasteiger partial charge in [-0.3, -0.25) is 0 Å². The Hall–Kier alpha value is -0.665. The van der Waals surface area contributed by atoms with E-state index >= 15 is 0 Å². The number of hydrogen-bond acceptors (Lipinski definition) is 4. The largest absolute Gasteiger partial charge is 0.496 e. The summed E-state index contributed by atoms with van der Waals surface area (Å²) in [6.45, 7) is 8.19. The van der Waals surface area contributed by atoms with E-state index in [0.29, 0.717) is 0 Å². The second-order valence-corrected chi connectivity index (χ2v) is 6.72. The molecule has 2 aromatic rings. The van der Waals surface area contributed by atoms with Gasteiger partial charge in [0, 0.05) is 17.0 Å². The molecule has 3 rings (SSSR count). The molecule has 7 heteroatoms. The third kappa shape index (κ3) is 2.15. The second-order valence-electron chi connectivity index (χ2n) is 6.03. The Morgan fingerprint density at radius 1 is 1.20 bits per heavy atom. The average molecular weight is 385 g/mol. The Labute approximate surface area is 132 Å². The van der Waals surface area contributed by atoms with Crippen LogP contribution in [0.15, 0.2) is 18.5 Å². The lowest BCUT2D eigenvalue weighted by atomic mass is 9.80. The van der Waals surface area contributed by atoms with E-state index in [1.165, 1.54) is 0 Å². The van der Waals surface area contributed by atoms with Gasteiger partial charge in [-0.2, -0.15) is 5.10 Å². The zero-order valence-corrected chi connectivity index (χ0v) is 14.2. The first-order chi connectivity index (χ1) is 9.34. The van der Waals surface area contributed by atoms with Crippen molar-refractivity contribution in [2.24, 2.45) is 0 Å². The Kier molecular flexibility index (Phi) is 3.34. The number of nitrogens with zero attached hydrogens (tertiary/aromatic N) is 3. The van der Waals surface area contributed by atoms with E-state index in [9.17, 15) is 0 Å². The number of rotatable bonds is 2. The molecule has 1 aliphatic rings. The Bertz CT molecular complexity index is 640. The maximum Gasteiger partial charge on any atom is 0.496 e. The summed E-state index contributed by atoms with van der Waals surface area (Å²) in [5, 5.41) is 5.31. The topological polar surface area (TPSA) is 49.2 Å². The van der Waals surface area contributed by atoms with E-state index in [1.807, 2.05) is 50.8 Å². The summed E-state index contributed by atoms with van der Waals surface area (Å²) < 4.78 is 14.7. The molecule has 0 atom stereocenters. The van der Waals surface area contributed by atoms with Crippen molar-refractivity contribution in [2.45, 2.75) is 43.4 Å². The number of halogens is 1. The quantitative estimate of drug-likeness (QED) is 0.452. The fraction of sp³-hybridized carbons (Fsp3) is 0.538. The lowest BCUT2D eigenvalue weighted by molar-refractivity contribution is 0.00578. The molecule has 0 amide bonds. The number of alkyl halides is 1. The van der Waals surface area contributed by atoms with E-state index in [1.54, 1.807) is 0 Å². The summed E-state index contributed by atoms with van der Waals surface area (Å²) in [4.78, 5) is 4.49. The predicted molar refractivity (Wildman–Crippen MR) is 87.3 cm³/mol. The molecule has 0 unspecified atom stereocenters. The highest BCUT2D eigenvalue weighted by molar-refractivity contribution is 14.1. The molecular weight excluding hydrogens is 368 g/mol. The zero-order chi connectivity index (χ0) is 14.5. The van der Waals surface area contributed by atoms with Crippen LogP contribution < -0.4 is 5.46 Å². The van der Waals surface area contributed by atoms with Crippen LogP contribution in [0.1, 0.15) is 27.7 Å². The molecular formula is C13H17BIN3O2. The van der Waals surface area contributed by atoms with Crippen molar-refractivity contribution in [1.82, 2.24) is 14.8 Å². The highest BCUT2D eigenvalue weighted by Crippen LogP contribution is 2.36. The minimum absolute atomic E-state index is 0.334. The molecule has 0 saturated carbocycles. The van der Waals surface area contributed by atoms with Gasteiger partial charge in [0.25, 0.3) is 0 Å². The molecule has 1 fully saturated rings. The first-order valence-corrected chi connectivity index (χ1v) is 8.10. The van der Waals surface area contributed by atoms with Crippen LogP contribution in [0.5, 0.6) is 0 Å². The van der Waals surface area contributed by atoms with Crippen LogP contribution in [0.3, 0.4) is 0 Å². The highest BCUT2D eigenvalue weighted by Gasteiger charge is 2.51. The minimum Gasteiger partial charge on any atom is -0.399 e. The van der Waals surface area contributed by atoms with Crippen LogP contribution in [0.25, 0.3) is 11.0 Å². The lowest BCUT2D eigenvalue weighted by Gasteiger charge is -2.32. The van der Waals surface area contributed by atoms with Crippen LogP contribution >= 0.6 is 22.6 Å². The molecule has 1 saturated heterocycles. The highest BCUT2D eigenvalue weighted by atomic mass is 127. The summed E-state index contributed by atoms with van der Waals surface area (Å²) in [5.74, 6) is 0. The SMILES string of the molecule is CC1(C)OB(c2cnc3c(cnn3CI)c2)OC1(C)C. The molecule has 2 aromatic heterocycles. The molecule has 5 nitrogen and oxygen atoms in total. The Morgan fingerprint density at radius 3 is 2.45 bits per heavy atom. The fourth-order valence-electron chi connectivity index (χ4n) is 2.18. The van der Waals surface area contributed by atoms with Gasteiger partial charge in [0.05, 0.1) is 22.0 Å². The summed E-state index contributed by atoms with van der Waals surface area (Å²) in [6.07, 6.45) is 3.64. The van der Waals surface area contributed by atoms with E-state index in [4.69, 9.17) is 9.31 Å². The summed E-state index contributed by atoms with van der Waals surface area (Å²) in [6, 6.07) is 2.04. The van der Waals surface area contributed by atoms with Gasteiger partial charge in [-0.05, 0) is 33.8 Å². The van der Waals surface area contributed by atoms with Gasteiger partial charge in [-0.1, -0.05) is 22.6 Å². The molecule has 0 aromatic carbocycles. The number of aromatic nitrogens is 3. The lowest BCUT2D eigenvalue weighted by Crippen LogP contribution is -2.41. The second kappa shape index (κ2) is 4.67. The van der Waals surface area contributed by atoms with E-state index in [0.717, 1.165) is 21.0 Å². The van der Waals surface area contributed by atoms with Gasteiger partial charge in [-0.15, -0.1) is 0 Å². The maximum absolute atomic E-state index is 6.04. The predicted octanol–water partition coefficient (Wildman–Crippen LogP) is 2.12. The Balaban J connectivity index is 1.96. The van der Waals surface area contributed by atoms with Crippen molar-refractivity contribution in [2.75, 3.05) is 0 Å². The Morgan fingerprint density at radius 2 is 1.85 bits per heavy atom. The first-order valence-electron chi connectivity index (χ1n) is 6.57. The molecule has 0 radical (unpaired) electrons. The molecule has 0 spiro atoms. The third-order valence-corrected chi connectivity index (χ3v) is 4.78. The van der Waals surface area contributed by atoms with Crippen LogP contribution in [0.4, 0.5) is 0 Å². The number of fused-ring (bicyclic) bond motifs is 1. The fourth-order valence-corrected chi connectivity index (χ4v) is 2.68. The zero-order valence-electron chi connectivity index (χ0n) is 12.1. The molecule has 0 aliphatic carbocycles. The van der Waals surface area contributed by atoms with Gasteiger partial charge < -0.3 is 9.31 Å². The smallest absolute Gasteiger partial charge is 0.399 e. The standard InChI is InChI=1S/C13H17BIN3O2/c1-12(2)13(3,4)20-14(19-12)10-5-9-6-17-18(8-15)11(9)16-7-10/h5-7H,8H2,1-4H3. The van der Waals surface area contributed by atoms with Crippen LogP contribution in [-0.2, 0) is 13.9 Å². The van der Waals surface area contributed by atoms with Crippen molar-refractivity contribution in [3.8, 4) is 0 Å². The molecule has 1 aliphatic heterocycles. The first kappa shape index (κ1) is 14.3. The van der Waals surface area contributed by atoms with Gasteiger partial charge in [0.1, 0.15) is 0 Å². The summed E-state index contributed by atoms with van der Waals surface area (Å²) >= 11 is 2.26. The van der Waals surface area contributed by atoms with E-state index in [2.05, 4.69) is 32.7 Å². The monoisotopic (exact) mass is 385 g/mol. The van der Waals surface area contributed by atoms with Crippen molar-refractivity contribution in [3.63, 3.8) is 0 Å². The molecule has 3 heterocycles. The molecule has 106 valence electrons. The third-order valence-electron chi connectivity index (χ3n) is 4.14. The van der Waals surface area contributed by atoms with Crippen molar-refractivity contribution in [1.29, 1.82) is 0 Å². The number of hydrogen-bond donors (Lipinski definition) is 0. The molecule has 20 heavy (non-hydrogen) atoms. The summed E-state index contributed by atoms with van der Waals surface area (Å²) in [5.41, 5.74) is 1.15. The van der Waals surface area contributed by atoms with Crippen molar-refractivity contribution in [3.05, 3.63) is 18.5 Å². The molecule has 0 N–H and O–H groups in total. The van der Waals surface area contributed by atoms with E-state index in [-0.39, 0.29) is 18.3 Å². The van der Waals surface area contributed by atoms with Crippen molar-refractivity contribution < 1.29 is 9.31 Å². The normalized spacial score (nSPS) is 20.8. The van der Waals surface area contributed by atoms with Gasteiger partial charge in [-0.25, -0.2) is 9.67 Å².